The molecule has 3 aromatic heterocycles. The first-order valence-electron chi connectivity index (χ1n) is 8.32. The number of carbonyl (C=O) groups is 1. The molecule has 3 N–H and O–H groups in total. The molecule has 4 rings (SSSR count). The van der Waals surface area contributed by atoms with Crippen LogP contribution < -0.4 is 10.6 Å². The minimum absolute atomic E-state index is 0.303. The maximum atomic E-state index is 12.3. The van der Waals surface area contributed by atoms with Crippen LogP contribution in [0.5, 0.6) is 0 Å². The van der Waals surface area contributed by atoms with Gasteiger partial charge in [-0.05, 0) is 17.2 Å². The highest BCUT2D eigenvalue weighted by atomic mass is 32.1. The van der Waals surface area contributed by atoms with Crippen LogP contribution in [0.3, 0.4) is 0 Å². The molecule has 0 saturated heterocycles. The van der Waals surface area contributed by atoms with Gasteiger partial charge in [-0.1, -0.05) is 24.3 Å². The highest BCUT2D eigenvalue weighted by Crippen LogP contribution is 2.26. The number of benzene rings is 1. The number of H-pyrrole nitrogens is 1. The van der Waals surface area contributed by atoms with Gasteiger partial charge in [0.1, 0.15) is 10.7 Å². The van der Waals surface area contributed by atoms with E-state index in [1.54, 1.807) is 18.6 Å². The monoisotopic (exact) mass is 379 g/mol. The molecule has 0 aliphatic rings. The van der Waals surface area contributed by atoms with Crippen molar-refractivity contribution in [3.63, 3.8) is 0 Å². The summed E-state index contributed by atoms with van der Waals surface area (Å²) in [5, 5.41) is 19.4. The molecule has 27 heavy (non-hydrogen) atoms. The number of aromatic amines is 1. The van der Waals surface area contributed by atoms with E-state index in [9.17, 15) is 4.79 Å². The van der Waals surface area contributed by atoms with Crippen molar-refractivity contribution in [2.75, 3.05) is 5.32 Å². The Hall–Kier alpha value is -3.46. The smallest absolute Gasteiger partial charge is 0.319 e. The zero-order valence-corrected chi connectivity index (χ0v) is 15.1. The Bertz CT molecular complexity index is 1010. The average molecular weight is 379 g/mol. The summed E-state index contributed by atoms with van der Waals surface area (Å²) in [4.78, 5) is 16.6. The lowest BCUT2D eigenvalue weighted by Gasteiger charge is -2.11. The summed E-state index contributed by atoms with van der Waals surface area (Å²) in [7, 11) is 0. The molecule has 9 heteroatoms. The van der Waals surface area contributed by atoms with Crippen LogP contribution in [-0.2, 0) is 13.1 Å². The van der Waals surface area contributed by atoms with Gasteiger partial charge in [0.05, 0.1) is 18.4 Å². The van der Waals surface area contributed by atoms with Crippen molar-refractivity contribution in [1.29, 1.82) is 0 Å². The second-order valence-electron chi connectivity index (χ2n) is 5.78. The summed E-state index contributed by atoms with van der Waals surface area (Å²) >= 11 is 1.47. The van der Waals surface area contributed by atoms with Gasteiger partial charge < -0.3 is 10.6 Å². The molecule has 136 valence electrons. The van der Waals surface area contributed by atoms with Crippen molar-refractivity contribution in [3.05, 3.63) is 71.6 Å². The van der Waals surface area contributed by atoms with E-state index in [0.29, 0.717) is 24.5 Å². The van der Waals surface area contributed by atoms with E-state index >= 15 is 0 Å². The van der Waals surface area contributed by atoms with Gasteiger partial charge >= 0.3 is 6.03 Å². The molecule has 1 aromatic carbocycles. The number of carbonyl (C=O) groups excluding carboxylic acids is 1. The van der Waals surface area contributed by atoms with Crippen molar-refractivity contribution < 1.29 is 4.79 Å². The summed E-state index contributed by atoms with van der Waals surface area (Å²) in [6, 6.07) is 9.56. The predicted molar refractivity (Wildman–Crippen MR) is 103 cm³/mol. The van der Waals surface area contributed by atoms with Crippen LogP contribution in [0.1, 0.15) is 11.1 Å². The average Bonchev–Trinajstić information content (AvgIpc) is 3.43. The molecular weight excluding hydrogens is 362 g/mol. The highest BCUT2D eigenvalue weighted by Gasteiger charge is 2.13. The summed E-state index contributed by atoms with van der Waals surface area (Å²) in [6.07, 6.45) is 6.94. The quantitative estimate of drug-likeness (QED) is 0.479. The number of hydrogen-bond acceptors (Lipinski definition) is 5. The summed E-state index contributed by atoms with van der Waals surface area (Å²) < 4.78 is 1.85. The van der Waals surface area contributed by atoms with Crippen LogP contribution in [0, 0.1) is 0 Å². The number of rotatable bonds is 6. The Balaban J connectivity index is 1.40. The molecule has 0 saturated carbocycles. The van der Waals surface area contributed by atoms with Crippen LogP contribution in [0.2, 0.25) is 0 Å². The standard InChI is InChI=1S/C18H17N7OS/c26-18(23-15-11-21-24-16(15)17-19-7-9-27-17)20-10-13-4-1-2-5-14(13)12-25-8-3-6-22-25/h1-9,11H,10,12H2,(H,21,24)(H2,20,23,26). The van der Waals surface area contributed by atoms with Crippen LogP contribution in [0.15, 0.2) is 60.5 Å². The van der Waals surface area contributed by atoms with Crippen LogP contribution in [0.25, 0.3) is 10.7 Å². The lowest BCUT2D eigenvalue weighted by molar-refractivity contribution is 0.251. The number of urea groups is 1. The first kappa shape index (κ1) is 17.0. The van der Waals surface area contributed by atoms with Crippen molar-refractivity contribution in [1.82, 2.24) is 30.3 Å². The number of thiazole rings is 1. The second kappa shape index (κ2) is 7.83. The van der Waals surface area contributed by atoms with Gasteiger partial charge in [-0.3, -0.25) is 9.78 Å². The Morgan fingerprint density at radius 2 is 2.07 bits per heavy atom. The molecule has 8 nitrogen and oxygen atoms in total. The number of hydrogen-bond donors (Lipinski definition) is 3. The van der Waals surface area contributed by atoms with Gasteiger partial charge in [0.15, 0.2) is 0 Å². The van der Waals surface area contributed by atoms with E-state index < -0.39 is 0 Å². The molecule has 0 atom stereocenters. The van der Waals surface area contributed by atoms with Crippen molar-refractivity contribution in [3.8, 4) is 10.7 Å². The topological polar surface area (TPSA) is 101 Å². The maximum absolute atomic E-state index is 12.3. The minimum atomic E-state index is -0.303. The Morgan fingerprint density at radius 1 is 1.19 bits per heavy atom. The van der Waals surface area contributed by atoms with Crippen LogP contribution in [-0.4, -0.2) is 31.0 Å². The Kier molecular flexibility index (Phi) is 4.93. The molecule has 0 bridgehead atoms. The first-order valence-corrected chi connectivity index (χ1v) is 9.20. The zero-order chi connectivity index (χ0) is 18.5. The third-order valence-electron chi connectivity index (χ3n) is 3.98. The third-order valence-corrected chi connectivity index (χ3v) is 4.77. The normalized spacial score (nSPS) is 10.7. The third kappa shape index (κ3) is 4.04. The maximum Gasteiger partial charge on any atom is 0.319 e. The number of nitrogens with zero attached hydrogens (tertiary/aromatic N) is 4. The molecular formula is C18H17N7OS. The van der Waals surface area contributed by atoms with Gasteiger partial charge in [0.25, 0.3) is 0 Å². The lowest BCUT2D eigenvalue weighted by atomic mass is 10.1. The molecule has 0 aliphatic carbocycles. The Labute approximate surface area is 159 Å². The van der Waals surface area contributed by atoms with Gasteiger partial charge in [0.2, 0.25) is 0 Å². The molecule has 2 amide bonds. The predicted octanol–water partition coefficient (Wildman–Crippen LogP) is 3.10. The Morgan fingerprint density at radius 3 is 2.85 bits per heavy atom. The molecule has 0 spiro atoms. The summed E-state index contributed by atoms with van der Waals surface area (Å²) in [6.45, 7) is 1.07. The van der Waals surface area contributed by atoms with Crippen molar-refractivity contribution in [2.24, 2.45) is 0 Å². The fraction of sp³-hybridized carbons (Fsp3) is 0.111. The van der Waals surface area contributed by atoms with Gasteiger partial charge in [0, 0.05) is 30.5 Å². The van der Waals surface area contributed by atoms with Crippen molar-refractivity contribution >= 4 is 23.1 Å². The van der Waals surface area contributed by atoms with Crippen molar-refractivity contribution in [2.45, 2.75) is 13.1 Å². The summed E-state index contributed by atoms with van der Waals surface area (Å²) in [5.41, 5.74) is 3.43. The number of nitrogens with one attached hydrogen (secondary N) is 3. The zero-order valence-electron chi connectivity index (χ0n) is 14.3. The van der Waals surface area contributed by atoms with Gasteiger partial charge in [-0.2, -0.15) is 10.2 Å². The fourth-order valence-corrected chi connectivity index (χ4v) is 3.33. The van der Waals surface area contributed by atoms with E-state index in [0.717, 1.165) is 16.1 Å². The fourth-order valence-electron chi connectivity index (χ4n) is 2.69. The minimum Gasteiger partial charge on any atom is -0.334 e. The number of aromatic nitrogens is 5. The largest absolute Gasteiger partial charge is 0.334 e. The second-order valence-corrected chi connectivity index (χ2v) is 6.67. The van der Waals surface area contributed by atoms with E-state index in [-0.39, 0.29) is 6.03 Å². The van der Waals surface area contributed by atoms with E-state index in [4.69, 9.17) is 0 Å². The molecule has 3 heterocycles. The SMILES string of the molecule is O=C(NCc1ccccc1Cn1cccn1)Nc1cn[nH]c1-c1nccs1. The number of anilines is 1. The first-order chi connectivity index (χ1) is 13.3. The van der Waals surface area contributed by atoms with E-state index in [2.05, 4.69) is 30.9 Å². The molecule has 0 aliphatic heterocycles. The number of amides is 2. The van der Waals surface area contributed by atoms with Crippen LogP contribution >= 0.6 is 11.3 Å². The van der Waals surface area contributed by atoms with Crippen LogP contribution in [0.4, 0.5) is 10.5 Å². The van der Waals surface area contributed by atoms with Gasteiger partial charge in [-0.25, -0.2) is 9.78 Å². The van der Waals surface area contributed by atoms with Gasteiger partial charge in [-0.15, -0.1) is 11.3 Å². The molecule has 0 radical (unpaired) electrons. The van der Waals surface area contributed by atoms with E-state index in [1.165, 1.54) is 11.3 Å². The summed E-state index contributed by atoms with van der Waals surface area (Å²) in [5.74, 6) is 0. The van der Waals surface area contributed by atoms with E-state index in [1.807, 2.05) is 46.6 Å². The highest BCUT2D eigenvalue weighted by molar-refractivity contribution is 7.13. The molecule has 0 unspecified atom stereocenters. The molecule has 4 aromatic rings. The molecule has 0 fully saturated rings. The lowest BCUT2D eigenvalue weighted by Crippen LogP contribution is -2.28.